The normalized spacial score (nSPS) is 24.0. The molecule has 2 atom stereocenters. The number of rotatable bonds is 2. The molecule has 0 spiro atoms. The number of thioether (sulfide) groups is 1. The zero-order chi connectivity index (χ0) is 12.4. The molecule has 0 saturated carbocycles. The molecular weight excluding hydrogens is 237 g/mol. The van der Waals surface area contributed by atoms with Crippen molar-refractivity contribution in [2.24, 2.45) is 0 Å². The van der Waals surface area contributed by atoms with Gasteiger partial charge in [0.25, 0.3) is 0 Å². The Labute approximate surface area is 106 Å². The van der Waals surface area contributed by atoms with Crippen LogP contribution in [0.4, 0.5) is 4.39 Å². The summed E-state index contributed by atoms with van der Waals surface area (Å²) in [5, 5.41) is 3.81. The van der Waals surface area contributed by atoms with Crippen LogP contribution in [0.5, 0.6) is 5.75 Å². The Balaban J connectivity index is 2.48. The van der Waals surface area contributed by atoms with E-state index in [2.05, 4.69) is 12.2 Å². The first kappa shape index (κ1) is 12.7. The number of benzene rings is 1. The largest absolute Gasteiger partial charge is 0.497 e. The molecule has 0 aliphatic carbocycles. The fourth-order valence-corrected chi connectivity index (χ4v) is 3.32. The summed E-state index contributed by atoms with van der Waals surface area (Å²) >= 11 is 1.81. The van der Waals surface area contributed by atoms with Gasteiger partial charge < -0.3 is 10.1 Å². The van der Waals surface area contributed by atoms with Gasteiger partial charge >= 0.3 is 0 Å². The van der Waals surface area contributed by atoms with Crippen molar-refractivity contribution in [1.29, 1.82) is 0 Å². The Bertz CT molecular complexity index is 411. The van der Waals surface area contributed by atoms with Gasteiger partial charge in [-0.15, -0.1) is 0 Å². The van der Waals surface area contributed by atoms with E-state index in [-0.39, 0.29) is 11.9 Å². The van der Waals surface area contributed by atoms with Crippen LogP contribution in [0.25, 0.3) is 0 Å². The maximum atomic E-state index is 14.0. The van der Waals surface area contributed by atoms with E-state index in [4.69, 9.17) is 4.74 Å². The third-order valence-corrected chi connectivity index (χ3v) is 4.46. The van der Waals surface area contributed by atoms with Crippen LogP contribution in [0.2, 0.25) is 0 Å². The number of fused-ring (bicyclic) bond motifs is 1. The molecule has 0 amide bonds. The summed E-state index contributed by atoms with van der Waals surface area (Å²) in [5.41, 5.74) is 1.86. The van der Waals surface area contributed by atoms with Crippen LogP contribution in [-0.2, 0) is 5.75 Å². The van der Waals surface area contributed by atoms with E-state index in [1.807, 2.05) is 24.9 Å². The Morgan fingerprint density at radius 3 is 2.88 bits per heavy atom. The van der Waals surface area contributed by atoms with E-state index in [1.165, 1.54) is 6.07 Å². The first-order valence-corrected chi connectivity index (χ1v) is 6.85. The summed E-state index contributed by atoms with van der Waals surface area (Å²) in [6.45, 7) is 2.19. The number of ether oxygens (including phenoxy) is 1. The van der Waals surface area contributed by atoms with Crippen LogP contribution >= 0.6 is 11.8 Å². The monoisotopic (exact) mass is 255 g/mol. The average molecular weight is 255 g/mol. The predicted molar refractivity (Wildman–Crippen MR) is 70.1 cm³/mol. The molecule has 2 unspecified atom stereocenters. The van der Waals surface area contributed by atoms with Crippen molar-refractivity contribution < 1.29 is 9.13 Å². The molecule has 17 heavy (non-hydrogen) atoms. The summed E-state index contributed by atoms with van der Waals surface area (Å²) in [6.07, 6.45) is 1.01. The highest BCUT2D eigenvalue weighted by molar-refractivity contribution is 7.99. The van der Waals surface area contributed by atoms with Gasteiger partial charge in [-0.25, -0.2) is 4.39 Å². The number of hydrogen-bond acceptors (Lipinski definition) is 3. The van der Waals surface area contributed by atoms with Crippen LogP contribution in [0.3, 0.4) is 0 Å². The van der Waals surface area contributed by atoms with Crippen molar-refractivity contribution >= 4 is 11.8 Å². The quantitative estimate of drug-likeness (QED) is 0.877. The predicted octanol–water partition coefficient (Wildman–Crippen LogP) is 3.12. The molecule has 0 aromatic heterocycles. The second-order valence-corrected chi connectivity index (χ2v) is 5.80. The van der Waals surface area contributed by atoms with E-state index in [9.17, 15) is 4.39 Å². The summed E-state index contributed by atoms with van der Waals surface area (Å²) in [7, 11) is 3.50. The van der Waals surface area contributed by atoms with E-state index in [1.54, 1.807) is 7.11 Å². The maximum absolute atomic E-state index is 14.0. The average Bonchev–Trinajstić information content (AvgIpc) is 2.48. The van der Waals surface area contributed by atoms with E-state index < -0.39 is 0 Å². The Kier molecular flexibility index (Phi) is 3.94. The molecular formula is C13H18FNOS. The molecule has 4 heteroatoms. The highest BCUT2D eigenvalue weighted by atomic mass is 32.2. The van der Waals surface area contributed by atoms with Crippen molar-refractivity contribution in [1.82, 2.24) is 5.32 Å². The standard InChI is InChI=1S/C13H18FNOS/c1-8-4-13(15-2)10-5-9(16-3)6-12(14)11(10)7-17-8/h5-6,8,13,15H,4,7H2,1-3H3. The van der Waals surface area contributed by atoms with Crippen molar-refractivity contribution in [3.63, 3.8) is 0 Å². The lowest BCUT2D eigenvalue weighted by molar-refractivity contribution is 0.408. The summed E-state index contributed by atoms with van der Waals surface area (Å²) in [4.78, 5) is 0. The fourth-order valence-electron chi connectivity index (χ4n) is 2.24. The molecule has 1 heterocycles. The number of methoxy groups -OCH3 is 1. The zero-order valence-electron chi connectivity index (χ0n) is 10.4. The number of halogens is 1. The van der Waals surface area contributed by atoms with Gasteiger partial charge in [-0.3, -0.25) is 0 Å². The summed E-state index contributed by atoms with van der Waals surface area (Å²) in [5.74, 6) is 1.19. The lowest BCUT2D eigenvalue weighted by atomic mass is 9.97. The smallest absolute Gasteiger partial charge is 0.131 e. The molecule has 0 radical (unpaired) electrons. The lowest BCUT2D eigenvalue weighted by Crippen LogP contribution is -2.19. The minimum absolute atomic E-state index is 0.152. The molecule has 94 valence electrons. The van der Waals surface area contributed by atoms with Crippen LogP contribution < -0.4 is 10.1 Å². The first-order chi connectivity index (χ1) is 8.15. The van der Waals surface area contributed by atoms with Gasteiger partial charge in [0, 0.05) is 28.7 Å². The number of nitrogens with one attached hydrogen (secondary N) is 1. The molecule has 0 fully saturated rings. The number of hydrogen-bond donors (Lipinski definition) is 1. The Morgan fingerprint density at radius 1 is 1.47 bits per heavy atom. The van der Waals surface area contributed by atoms with E-state index in [0.29, 0.717) is 11.0 Å². The fraction of sp³-hybridized carbons (Fsp3) is 0.538. The van der Waals surface area contributed by atoms with E-state index in [0.717, 1.165) is 23.3 Å². The Morgan fingerprint density at radius 2 is 2.24 bits per heavy atom. The molecule has 1 aliphatic heterocycles. The summed E-state index contributed by atoms with van der Waals surface area (Å²) < 4.78 is 19.2. The van der Waals surface area contributed by atoms with Gasteiger partial charge in [-0.1, -0.05) is 6.92 Å². The van der Waals surface area contributed by atoms with Gasteiger partial charge in [0.1, 0.15) is 11.6 Å². The second kappa shape index (κ2) is 5.27. The van der Waals surface area contributed by atoms with Crippen molar-refractivity contribution in [3.8, 4) is 5.75 Å². The molecule has 2 rings (SSSR count). The molecule has 1 aromatic carbocycles. The maximum Gasteiger partial charge on any atom is 0.131 e. The van der Waals surface area contributed by atoms with Crippen molar-refractivity contribution in [3.05, 3.63) is 29.1 Å². The Hall–Kier alpha value is -0.740. The summed E-state index contributed by atoms with van der Waals surface area (Å²) in [6, 6.07) is 3.64. The van der Waals surface area contributed by atoms with Crippen LogP contribution in [-0.4, -0.2) is 19.4 Å². The van der Waals surface area contributed by atoms with Gasteiger partial charge in [0.2, 0.25) is 0 Å². The van der Waals surface area contributed by atoms with Crippen LogP contribution in [0, 0.1) is 5.82 Å². The minimum atomic E-state index is -0.152. The van der Waals surface area contributed by atoms with Crippen LogP contribution in [0.15, 0.2) is 12.1 Å². The molecule has 0 saturated heterocycles. The van der Waals surface area contributed by atoms with Gasteiger partial charge in [0.15, 0.2) is 0 Å². The van der Waals surface area contributed by atoms with Gasteiger partial charge in [-0.05, 0) is 25.1 Å². The van der Waals surface area contributed by atoms with Gasteiger partial charge in [-0.2, -0.15) is 11.8 Å². The highest BCUT2D eigenvalue weighted by Gasteiger charge is 2.24. The van der Waals surface area contributed by atoms with Crippen molar-refractivity contribution in [2.75, 3.05) is 14.2 Å². The highest BCUT2D eigenvalue weighted by Crippen LogP contribution is 2.37. The molecule has 1 N–H and O–H groups in total. The van der Waals surface area contributed by atoms with Crippen LogP contribution in [0.1, 0.15) is 30.5 Å². The lowest BCUT2D eigenvalue weighted by Gasteiger charge is -2.19. The zero-order valence-corrected chi connectivity index (χ0v) is 11.2. The SMILES string of the molecule is CNC1CC(C)SCc2c(F)cc(OC)cc21. The molecule has 1 aliphatic rings. The molecule has 2 nitrogen and oxygen atoms in total. The van der Waals surface area contributed by atoms with E-state index >= 15 is 0 Å². The minimum Gasteiger partial charge on any atom is -0.497 e. The van der Waals surface area contributed by atoms with Gasteiger partial charge in [0.05, 0.1) is 7.11 Å². The topological polar surface area (TPSA) is 21.3 Å². The third-order valence-electron chi connectivity index (χ3n) is 3.24. The molecule has 1 aromatic rings. The first-order valence-electron chi connectivity index (χ1n) is 5.81. The van der Waals surface area contributed by atoms with Crippen molar-refractivity contribution in [2.45, 2.75) is 30.4 Å². The third kappa shape index (κ3) is 2.58. The second-order valence-electron chi connectivity index (χ2n) is 4.38. The molecule has 0 bridgehead atoms.